The van der Waals surface area contributed by atoms with Crippen molar-refractivity contribution >= 4 is 33.4 Å². The van der Waals surface area contributed by atoms with Crippen LogP contribution in [0.2, 0.25) is 5.02 Å². The number of hydrogen-bond acceptors (Lipinski definition) is 6. The summed E-state index contributed by atoms with van der Waals surface area (Å²) in [6.45, 7) is 3.54. The Bertz CT molecular complexity index is 1400. The van der Waals surface area contributed by atoms with Gasteiger partial charge < -0.3 is 19.7 Å². The lowest BCUT2D eigenvalue weighted by Gasteiger charge is -2.31. The summed E-state index contributed by atoms with van der Waals surface area (Å²) < 4.78 is 38.3. The van der Waals surface area contributed by atoms with E-state index in [2.05, 4.69) is 5.32 Å². The van der Waals surface area contributed by atoms with Crippen molar-refractivity contribution in [1.29, 1.82) is 0 Å². The lowest BCUT2D eigenvalue weighted by Crippen LogP contribution is -2.45. The first-order valence-corrected chi connectivity index (χ1v) is 15.3. The average Bonchev–Trinajstić information content (AvgIpc) is 3.00. The summed E-state index contributed by atoms with van der Waals surface area (Å²) in [5, 5.41) is 3.48. The monoisotopic (exact) mass is 599 g/mol. The number of hydrogen-bond donors (Lipinski definition) is 1. The molecule has 41 heavy (non-hydrogen) atoms. The van der Waals surface area contributed by atoms with Crippen molar-refractivity contribution in [3.8, 4) is 5.75 Å². The minimum absolute atomic E-state index is 0.138. The molecule has 0 saturated carbocycles. The molecule has 1 fully saturated rings. The van der Waals surface area contributed by atoms with Crippen LogP contribution in [0.3, 0.4) is 0 Å². The van der Waals surface area contributed by atoms with Crippen molar-refractivity contribution in [2.24, 2.45) is 0 Å². The average molecular weight is 600 g/mol. The third-order valence-corrected chi connectivity index (χ3v) is 8.77. The van der Waals surface area contributed by atoms with Crippen LogP contribution in [0.15, 0.2) is 83.8 Å². The van der Waals surface area contributed by atoms with Crippen molar-refractivity contribution < 1.29 is 27.5 Å². The second-order valence-electron chi connectivity index (χ2n) is 9.53. The van der Waals surface area contributed by atoms with E-state index in [0.717, 1.165) is 12.0 Å². The second kappa shape index (κ2) is 14.5. The summed E-state index contributed by atoms with van der Waals surface area (Å²) in [6.07, 6.45) is 0.749. The van der Waals surface area contributed by atoms with Crippen LogP contribution < -0.4 is 10.1 Å². The molecule has 1 aliphatic heterocycles. The number of nitrogens with zero attached hydrogens (tertiary/aromatic N) is 2. The summed E-state index contributed by atoms with van der Waals surface area (Å²) in [4.78, 5) is 28.7. The fourth-order valence-electron chi connectivity index (χ4n) is 4.43. The molecule has 0 unspecified atom stereocenters. The highest BCUT2D eigenvalue weighted by Gasteiger charge is 2.32. The molecule has 1 N–H and O–H groups in total. The highest BCUT2D eigenvalue weighted by molar-refractivity contribution is 7.89. The van der Waals surface area contributed by atoms with Gasteiger partial charge in [0.05, 0.1) is 18.1 Å². The SMILES string of the molecule is CCCNC(=O)[C@@H](c1ccccc1)N(Cc1ccc(Cl)cc1)C(=O)COc1ccc(S(=O)(=O)N2CCOCC2)cc1. The normalized spacial score (nSPS) is 14.7. The Balaban J connectivity index is 1.54. The molecule has 2 amide bonds. The molecule has 0 radical (unpaired) electrons. The van der Waals surface area contributed by atoms with Crippen LogP contribution >= 0.6 is 11.6 Å². The Morgan fingerprint density at radius 1 is 1.00 bits per heavy atom. The maximum atomic E-state index is 13.7. The fraction of sp³-hybridized carbons (Fsp3) is 0.333. The zero-order chi connectivity index (χ0) is 29.2. The molecule has 3 aromatic rings. The molecule has 0 aliphatic carbocycles. The van der Waals surface area contributed by atoms with Gasteiger partial charge in [-0.3, -0.25) is 9.59 Å². The molecule has 4 rings (SSSR count). The first-order valence-electron chi connectivity index (χ1n) is 13.5. The highest BCUT2D eigenvalue weighted by Crippen LogP contribution is 2.26. The quantitative estimate of drug-likeness (QED) is 0.337. The standard InChI is InChI=1S/C30H34ClN3O6S/c1-2-16-32-30(36)29(24-6-4-3-5-7-24)34(21-23-8-10-25(31)11-9-23)28(35)22-40-26-12-14-27(15-13-26)41(37,38)33-17-19-39-20-18-33/h3-15,29H,2,16-22H2,1H3,(H,32,36)/t29-/m1/s1. The molecular formula is C30H34ClN3O6S. The first-order chi connectivity index (χ1) is 19.8. The lowest BCUT2D eigenvalue weighted by molar-refractivity contribution is -0.143. The number of ether oxygens (including phenoxy) is 2. The smallest absolute Gasteiger partial charge is 0.261 e. The largest absolute Gasteiger partial charge is 0.484 e. The van der Waals surface area contributed by atoms with Crippen LogP contribution in [0.5, 0.6) is 5.75 Å². The van der Waals surface area contributed by atoms with Crippen LogP contribution in [0, 0.1) is 0 Å². The molecule has 0 spiro atoms. The second-order valence-corrected chi connectivity index (χ2v) is 11.9. The predicted molar refractivity (Wildman–Crippen MR) is 156 cm³/mol. The van der Waals surface area contributed by atoms with E-state index >= 15 is 0 Å². The molecule has 0 aromatic heterocycles. The predicted octanol–water partition coefficient (Wildman–Crippen LogP) is 4.04. The van der Waals surface area contributed by atoms with Crippen molar-refractivity contribution in [2.45, 2.75) is 30.8 Å². The molecule has 1 saturated heterocycles. The molecule has 1 atom stereocenters. The maximum absolute atomic E-state index is 13.7. The van der Waals surface area contributed by atoms with Crippen LogP contribution in [0.4, 0.5) is 0 Å². The van der Waals surface area contributed by atoms with E-state index in [-0.39, 0.29) is 24.0 Å². The Hall–Kier alpha value is -3.44. The third kappa shape index (κ3) is 8.07. The number of carbonyl (C=O) groups excluding carboxylic acids is 2. The van der Waals surface area contributed by atoms with Crippen molar-refractivity contribution in [1.82, 2.24) is 14.5 Å². The minimum Gasteiger partial charge on any atom is -0.484 e. The van der Waals surface area contributed by atoms with Gasteiger partial charge in [-0.15, -0.1) is 0 Å². The van der Waals surface area contributed by atoms with Crippen molar-refractivity contribution in [3.63, 3.8) is 0 Å². The molecular weight excluding hydrogens is 566 g/mol. The Labute approximate surface area is 246 Å². The number of sulfonamides is 1. The zero-order valence-electron chi connectivity index (χ0n) is 22.9. The van der Waals surface area contributed by atoms with Gasteiger partial charge in [0.1, 0.15) is 11.8 Å². The van der Waals surface area contributed by atoms with E-state index < -0.39 is 22.0 Å². The van der Waals surface area contributed by atoms with E-state index in [0.29, 0.717) is 49.2 Å². The molecule has 1 heterocycles. The van der Waals surface area contributed by atoms with Crippen LogP contribution in [0.1, 0.15) is 30.5 Å². The van der Waals surface area contributed by atoms with E-state index in [1.165, 1.54) is 33.5 Å². The molecule has 0 bridgehead atoms. The van der Waals surface area contributed by atoms with Crippen molar-refractivity contribution in [3.05, 3.63) is 95.0 Å². The Morgan fingerprint density at radius 2 is 1.66 bits per heavy atom. The summed E-state index contributed by atoms with van der Waals surface area (Å²) in [5.41, 5.74) is 1.46. The number of rotatable bonds is 12. The van der Waals surface area contributed by atoms with Gasteiger partial charge in [0.15, 0.2) is 6.61 Å². The van der Waals surface area contributed by atoms with Gasteiger partial charge in [-0.2, -0.15) is 4.31 Å². The van der Waals surface area contributed by atoms with Gasteiger partial charge in [-0.1, -0.05) is 61.0 Å². The number of amides is 2. The van der Waals surface area contributed by atoms with Gasteiger partial charge in [0, 0.05) is 31.2 Å². The van der Waals surface area contributed by atoms with Crippen LogP contribution in [-0.2, 0) is 30.9 Å². The number of morpholine rings is 1. The molecule has 1 aliphatic rings. The maximum Gasteiger partial charge on any atom is 0.261 e. The number of carbonyl (C=O) groups is 2. The number of nitrogens with one attached hydrogen (secondary N) is 1. The summed E-state index contributed by atoms with van der Waals surface area (Å²) >= 11 is 6.07. The Kier molecular flexibility index (Phi) is 10.8. The molecule has 3 aromatic carbocycles. The summed E-state index contributed by atoms with van der Waals surface area (Å²) in [5.74, 6) is -0.374. The van der Waals surface area contributed by atoms with Gasteiger partial charge in [0.25, 0.3) is 5.91 Å². The number of benzene rings is 3. The van der Waals surface area contributed by atoms with E-state index in [1.54, 1.807) is 12.1 Å². The number of halogens is 1. The van der Waals surface area contributed by atoms with Crippen LogP contribution in [0.25, 0.3) is 0 Å². The Morgan fingerprint density at radius 3 is 2.29 bits per heavy atom. The lowest BCUT2D eigenvalue weighted by atomic mass is 10.0. The fourth-order valence-corrected chi connectivity index (χ4v) is 5.97. The van der Waals surface area contributed by atoms with Crippen molar-refractivity contribution in [2.75, 3.05) is 39.5 Å². The van der Waals surface area contributed by atoms with Gasteiger partial charge in [-0.05, 0) is 53.9 Å². The molecule has 9 nitrogen and oxygen atoms in total. The molecule has 11 heteroatoms. The minimum atomic E-state index is -3.65. The van der Waals surface area contributed by atoms with Gasteiger partial charge in [0.2, 0.25) is 15.9 Å². The first kappa shape index (κ1) is 30.5. The zero-order valence-corrected chi connectivity index (χ0v) is 24.4. The van der Waals surface area contributed by atoms with Gasteiger partial charge in [-0.25, -0.2) is 8.42 Å². The van der Waals surface area contributed by atoms with E-state index in [1.807, 2.05) is 49.4 Å². The third-order valence-electron chi connectivity index (χ3n) is 6.60. The van der Waals surface area contributed by atoms with E-state index in [9.17, 15) is 18.0 Å². The van der Waals surface area contributed by atoms with E-state index in [4.69, 9.17) is 21.1 Å². The summed E-state index contributed by atoms with van der Waals surface area (Å²) in [7, 11) is -3.65. The van der Waals surface area contributed by atoms with Gasteiger partial charge >= 0.3 is 0 Å². The topological polar surface area (TPSA) is 105 Å². The molecule has 218 valence electrons. The summed E-state index contributed by atoms with van der Waals surface area (Å²) in [6, 6.07) is 21.3. The van der Waals surface area contributed by atoms with Crippen LogP contribution in [-0.4, -0.2) is 68.9 Å². The highest BCUT2D eigenvalue weighted by atomic mass is 35.5.